The number of aromatic nitrogens is 3. The van der Waals surface area contributed by atoms with Crippen LogP contribution >= 0.6 is 0 Å². The highest BCUT2D eigenvalue weighted by Crippen LogP contribution is 2.09. The lowest BCUT2D eigenvalue weighted by molar-refractivity contribution is 0.526. The average molecular weight is 195 g/mol. The van der Waals surface area contributed by atoms with Gasteiger partial charge in [-0.25, -0.2) is 0 Å². The molecule has 0 radical (unpaired) electrons. The zero-order chi connectivity index (χ0) is 10.4. The van der Waals surface area contributed by atoms with Gasteiger partial charge in [0.2, 0.25) is 0 Å². The Balaban J connectivity index is 2.04. The highest BCUT2D eigenvalue weighted by molar-refractivity contribution is 4.91. The van der Waals surface area contributed by atoms with Crippen molar-refractivity contribution in [1.29, 1.82) is 0 Å². The molecule has 0 aromatic carbocycles. The summed E-state index contributed by atoms with van der Waals surface area (Å²) >= 11 is 0. The summed E-state index contributed by atoms with van der Waals surface area (Å²) in [5.74, 6) is 0.839. The molecule has 0 fully saturated rings. The number of rotatable bonds is 6. The van der Waals surface area contributed by atoms with Crippen molar-refractivity contribution in [3.8, 4) is 0 Å². The van der Waals surface area contributed by atoms with Gasteiger partial charge in [0.1, 0.15) is 0 Å². The van der Waals surface area contributed by atoms with Crippen LogP contribution in [0.15, 0.2) is 6.20 Å². The first kappa shape index (κ1) is 11.2. The fraction of sp³-hybridized carbons (Fsp3) is 0.818. The van der Waals surface area contributed by atoms with Gasteiger partial charge >= 0.3 is 0 Å². The molecule has 0 aliphatic carbocycles. The third kappa shape index (κ3) is 4.40. The lowest BCUT2D eigenvalue weighted by atomic mass is 10.0. The second-order valence-electron chi connectivity index (χ2n) is 4.38. The van der Waals surface area contributed by atoms with Gasteiger partial charge in [0, 0.05) is 13.2 Å². The van der Waals surface area contributed by atoms with E-state index in [2.05, 4.69) is 24.2 Å². The molecule has 1 heterocycles. The predicted molar refractivity (Wildman–Crippen MR) is 58.0 cm³/mol. The fourth-order valence-corrected chi connectivity index (χ4v) is 1.55. The van der Waals surface area contributed by atoms with Crippen LogP contribution in [0.25, 0.3) is 0 Å². The van der Waals surface area contributed by atoms with Crippen molar-refractivity contribution in [1.82, 2.24) is 15.0 Å². The first-order valence-corrected chi connectivity index (χ1v) is 5.53. The summed E-state index contributed by atoms with van der Waals surface area (Å²) in [4.78, 5) is 0. The van der Waals surface area contributed by atoms with Crippen molar-refractivity contribution in [3.05, 3.63) is 11.9 Å². The molecule has 0 N–H and O–H groups in total. The molecule has 0 spiro atoms. The third-order valence-corrected chi connectivity index (χ3v) is 2.36. The normalized spacial score (nSPS) is 11.1. The van der Waals surface area contributed by atoms with E-state index in [1.807, 2.05) is 13.2 Å². The van der Waals surface area contributed by atoms with E-state index in [1.54, 1.807) is 4.68 Å². The first-order valence-electron chi connectivity index (χ1n) is 5.53. The van der Waals surface area contributed by atoms with Crippen LogP contribution in [-0.2, 0) is 13.5 Å². The van der Waals surface area contributed by atoms with Crippen LogP contribution in [0.2, 0.25) is 0 Å². The molecule has 14 heavy (non-hydrogen) atoms. The van der Waals surface area contributed by atoms with Crippen LogP contribution in [-0.4, -0.2) is 15.0 Å². The Morgan fingerprint density at radius 2 is 2.07 bits per heavy atom. The lowest BCUT2D eigenvalue weighted by Gasteiger charge is -2.02. The Morgan fingerprint density at radius 1 is 1.29 bits per heavy atom. The van der Waals surface area contributed by atoms with Crippen LogP contribution in [0.5, 0.6) is 0 Å². The van der Waals surface area contributed by atoms with Gasteiger partial charge in [-0.1, -0.05) is 38.3 Å². The van der Waals surface area contributed by atoms with Gasteiger partial charge in [-0.15, -0.1) is 5.10 Å². The van der Waals surface area contributed by atoms with Gasteiger partial charge < -0.3 is 0 Å². The Morgan fingerprint density at radius 3 is 2.64 bits per heavy atom. The molecule has 0 unspecified atom stereocenters. The van der Waals surface area contributed by atoms with E-state index in [1.165, 1.54) is 25.7 Å². The molecule has 0 saturated heterocycles. The molecular formula is C11H21N3. The minimum atomic E-state index is 0.839. The monoisotopic (exact) mass is 195 g/mol. The van der Waals surface area contributed by atoms with Crippen molar-refractivity contribution in [2.75, 3.05) is 0 Å². The van der Waals surface area contributed by atoms with Crippen molar-refractivity contribution < 1.29 is 0 Å². The molecule has 1 aromatic heterocycles. The molecule has 0 amide bonds. The summed E-state index contributed by atoms with van der Waals surface area (Å²) in [6, 6.07) is 0. The minimum Gasteiger partial charge on any atom is -0.255 e. The Bertz CT molecular complexity index is 253. The number of unbranched alkanes of at least 4 members (excludes halogenated alkanes) is 2. The van der Waals surface area contributed by atoms with Crippen molar-refractivity contribution >= 4 is 0 Å². The number of hydrogen-bond donors (Lipinski definition) is 0. The van der Waals surface area contributed by atoms with E-state index in [0.717, 1.165) is 18.0 Å². The maximum absolute atomic E-state index is 4.06. The van der Waals surface area contributed by atoms with E-state index in [-0.39, 0.29) is 0 Å². The smallest absolute Gasteiger partial charge is 0.0827 e. The zero-order valence-electron chi connectivity index (χ0n) is 9.53. The van der Waals surface area contributed by atoms with E-state index < -0.39 is 0 Å². The van der Waals surface area contributed by atoms with Gasteiger partial charge in [-0.2, -0.15) is 0 Å². The van der Waals surface area contributed by atoms with Crippen LogP contribution in [0.1, 0.15) is 45.2 Å². The summed E-state index contributed by atoms with van der Waals surface area (Å²) in [6.07, 6.45) is 8.33. The summed E-state index contributed by atoms with van der Waals surface area (Å²) in [7, 11) is 1.91. The van der Waals surface area contributed by atoms with Crippen LogP contribution in [0.3, 0.4) is 0 Å². The molecule has 3 nitrogen and oxygen atoms in total. The lowest BCUT2D eigenvalue weighted by Crippen LogP contribution is -1.89. The summed E-state index contributed by atoms with van der Waals surface area (Å²) in [5.41, 5.74) is 1.12. The molecule has 0 saturated carbocycles. The molecule has 0 bridgehead atoms. The molecule has 0 atom stereocenters. The van der Waals surface area contributed by atoms with Gasteiger partial charge in [0.25, 0.3) is 0 Å². The molecular weight excluding hydrogens is 174 g/mol. The van der Waals surface area contributed by atoms with Gasteiger partial charge in [0.05, 0.1) is 5.69 Å². The predicted octanol–water partition coefficient (Wildman–Crippen LogP) is 2.57. The van der Waals surface area contributed by atoms with Crippen LogP contribution < -0.4 is 0 Å². The highest BCUT2D eigenvalue weighted by atomic mass is 15.4. The van der Waals surface area contributed by atoms with E-state index >= 15 is 0 Å². The average Bonchev–Trinajstić information content (AvgIpc) is 2.50. The molecule has 3 heteroatoms. The maximum Gasteiger partial charge on any atom is 0.0827 e. The highest BCUT2D eigenvalue weighted by Gasteiger charge is 1.98. The second kappa shape index (κ2) is 5.78. The van der Waals surface area contributed by atoms with E-state index in [4.69, 9.17) is 0 Å². The summed E-state index contributed by atoms with van der Waals surface area (Å²) in [5, 5.41) is 7.97. The summed E-state index contributed by atoms with van der Waals surface area (Å²) < 4.78 is 1.77. The quantitative estimate of drug-likeness (QED) is 0.653. The minimum absolute atomic E-state index is 0.839. The maximum atomic E-state index is 4.06. The SMILES string of the molecule is CC(C)CCCCCc1cn(C)nn1. The van der Waals surface area contributed by atoms with E-state index in [0.29, 0.717) is 0 Å². The first-order chi connectivity index (χ1) is 6.68. The topological polar surface area (TPSA) is 30.7 Å². The molecule has 1 aromatic rings. The molecule has 0 aliphatic rings. The van der Waals surface area contributed by atoms with Crippen molar-refractivity contribution in [2.24, 2.45) is 13.0 Å². The number of aryl methyl sites for hydroxylation is 2. The molecule has 0 aliphatic heterocycles. The van der Waals surface area contributed by atoms with Gasteiger partial charge in [-0.05, 0) is 18.8 Å². The molecule has 80 valence electrons. The Kier molecular flexibility index (Phi) is 4.63. The fourth-order valence-electron chi connectivity index (χ4n) is 1.55. The zero-order valence-corrected chi connectivity index (χ0v) is 9.53. The second-order valence-corrected chi connectivity index (χ2v) is 4.38. The van der Waals surface area contributed by atoms with Crippen molar-refractivity contribution in [3.63, 3.8) is 0 Å². The van der Waals surface area contributed by atoms with Gasteiger partial charge in [0.15, 0.2) is 0 Å². The standard InChI is InChI=1S/C11H21N3/c1-10(2)7-5-4-6-8-11-9-14(3)13-12-11/h9-10H,4-8H2,1-3H3. The number of nitrogens with zero attached hydrogens (tertiary/aromatic N) is 3. The van der Waals surface area contributed by atoms with Crippen LogP contribution in [0.4, 0.5) is 0 Å². The van der Waals surface area contributed by atoms with Crippen LogP contribution in [0, 0.1) is 5.92 Å². The Labute approximate surface area is 86.5 Å². The Hall–Kier alpha value is -0.860. The third-order valence-electron chi connectivity index (χ3n) is 2.36. The summed E-state index contributed by atoms with van der Waals surface area (Å²) in [6.45, 7) is 4.56. The van der Waals surface area contributed by atoms with E-state index in [9.17, 15) is 0 Å². The molecule has 1 rings (SSSR count). The van der Waals surface area contributed by atoms with Gasteiger partial charge in [-0.3, -0.25) is 4.68 Å². The largest absolute Gasteiger partial charge is 0.255 e. The van der Waals surface area contributed by atoms with Crippen molar-refractivity contribution in [2.45, 2.75) is 46.0 Å². The number of hydrogen-bond acceptors (Lipinski definition) is 2.